The minimum absolute atomic E-state index is 0.0657. The molecule has 6 nitrogen and oxygen atoms in total. The lowest BCUT2D eigenvalue weighted by Crippen LogP contribution is -2.52. The van der Waals surface area contributed by atoms with Gasteiger partial charge in [0.1, 0.15) is 15.9 Å². The Morgan fingerprint density at radius 3 is 2.41 bits per heavy atom. The fourth-order valence-electron chi connectivity index (χ4n) is 3.59. The number of sulfone groups is 1. The van der Waals surface area contributed by atoms with Crippen LogP contribution in [0, 0.1) is 0 Å². The van der Waals surface area contributed by atoms with Crippen molar-refractivity contribution in [3.63, 3.8) is 0 Å². The monoisotopic (exact) mass is 327 g/mol. The van der Waals surface area contributed by atoms with E-state index >= 15 is 0 Å². The first-order valence-electron chi connectivity index (χ1n) is 8.18. The molecule has 1 atom stereocenters. The Bertz CT molecular complexity index is 524. The summed E-state index contributed by atoms with van der Waals surface area (Å²) in [6.07, 6.45) is 7.31. The van der Waals surface area contributed by atoms with Crippen LogP contribution in [-0.4, -0.2) is 68.5 Å². The number of nitrogens with one attached hydrogen (secondary N) is 2. The lowest BCUT2D eigenvalue weighted by molar-refractivity contribution is -0.122. The summed E-state index contributed by atoms with van der Waals surface area (Å²) in [4.78, 5) is 14.5. The maximum absolute atomic E-state index is 12.1. The van der Waals surface area contributed by atoms with Crippen molar-refractivity contribution in [1.29, 1.82) is 0 Å². The van der Waals surface area contributed by atoms with Crippen LogP contribution in [0.4, 0.5) is 0 Å². The molecule has 2 fully saturated rings. The zero-order valence-corrected chi connectivity index (χ0v) is 13.6. The Morgan fingerprint density at radius 2 is 1.82 bits per heavy atom. The van der Waals surface area contributed by atoms with Crippen molar-refractivity contribution in [3.05, 3.63) is 12.2 Å². The van der Waals surface area contributed by atoms with Gasteiger partial charge in [-0.15, -0.1) is 0 Å². The summed E-state index contributed by atoms with van der Waals surface area (Å²) in [5, 5.41) is 6.25. The Hall–Kier alpha value is -0.920. The summed E-state index contributed by atoms with van der Waals surface area (Å²) < 4.78 is 23.0. The van der Waals surface area contributed by atoms with E-state index in [1.165, 1.54) is 0 Å². The molecule has 0 aliphatic carbocycles. The molecule has 0 spiro atoms. The number of amides is 1. The second-order valence-corrected chi connectivity index (χ2v) is 8.82. The third-order valence-corrected chi connectivity index (χ3v) is 6.70. The van der Waals surface area contributed by atoms with Crippen molar-refractivity contribution < 1.29 is 13.2 Å². The first kappa shape index (κ1) is 16.0. The fourth-order valence-corrected chi connectivity index (χ4v) is 5.06. The van der Waals surface area contributed by atoms with Gasteiger partial charge in [-0.25, -0.2) is 8.42 Å². The van der Waals surface area contributed by atoms with Crippen molar-refractivity contribution in [2.45, 2.75) is 43.8 Å². The lowest BCUT2D eigenvalue weighted by atomic mass is 10.0. The van der Waals surface area contributed by atoms with Crippen LogP contribution in [0.1, 0.15) is 25.7 Å². The molecule has 0 bridgehead atoms. The van der Waals surface area contributed by atoms with Gasteiger partial charge >= 0.3 is 0 Å². The van der Waals surface area contributed by atoms with Gasteiger partial charge in [0.25, 0.3) is 0 Å². The van der Waals surface area contributed by atoms with Gasteiger partial charge in [0.15, 0.2) is 0 Å². The average Bonchev–Trinajstić information content (AvgIpc) is 3.03. The van der Waals surface area contributed by atoms with Gasteiger partial charge in [-0.2, -0.15) is 0 Å². The molecule has 3 rings (SSSR count). The van der Waals surface area contributed by atoms with Crippen LogP contribution < -0.4 is 10.6 Å². The molecule has 0 aromatic heterocycles. The summed E-state index contributed by atoms with van der Waals surface area (Å²) in [7, 11) is -2.79. The maximum Gasteiger partial charge on any atom is 0.241 e. The number of hydrogen-bond donors (Lipinski definition) is 2. The third-order valence-electron chi connectivity index (χ3n) is 4.98. The summed E-state index contributed by atoms with van der Waals surface area (Å²) in [6, 6.07) is 0.466. The van der Waals surface area contributed by atoms with E-state index in [-0.39, 0.29) is 18.0 Å². The van der Waals surface area contributed by atoms with E-state index in [0.29, 0.717) is 17.5 Å². The minimum atomic E-state index is -2.79. The van der Waals surface area contributed by atoms with E-state index < -0.39 is 9.84 Å². The second-order valence-electron chi connectivity index (χ2n) is 6.52. The molecule has 2 saturated heterocycles. The third kappa shape index (κ3) is 3.88. The van der Waals surface area contributed by atoms with E-state index in [1.807, 2.05) is 12.2 Å². The second kappa shape index (κ2) is 6.68. The molecule has 7 heteroatoms. The number of hydrogen-bond acceptors (Lipinski definition) is 5. The van der Waals surface area contributed by atoms with Gasteiger partial charge in [0.05, 0.1) is 11.5 Å². The molecular weight excluding hydrogens is 302 g/mol. The van der Waals surface area contributed by atoms with Gasteiger partial charge < -0.3 is 10.2 Å². The highest BCUT2D eigenvalue weighted by molar-refractivity contribution is 7.91. The zero-order chi connectivity index (χ0) is 15.6. The van der Waals surface area contributed by atoms with Gasteiger partial charge in [-0.05, 0) is 25.7 Å². The molecule has 3 aliphatic rings. The van der Waals surface area contributed by atoms with Crippen LogP contribution in [0.5, 0.6) is 0 Å². The molecule has 0 saturated carbocycles. The van der Waals surface area contributed by atoms with Crippen LogP contribution in [0.2, 0.25) is 0 Å². The van der Waals surface area contributed by atoms with E-state index in [2.05, 4.69) is 15.5 Å². The van der Waals surface area contributed by atoms with Crippen LogP contribution in [0.3, 0.4) is 0 Å². The van der Waals surface area contributed by atoms with Crippen LogP contribution in [-0.2, 0) is 14.6 Å². The van der Waals surface area contributed by atoms with E-state index in [0.717, 1.165) is 45.3 Å². The smallest absolute Gasteiger partial charge is 0.241 e. The summed E-state index contributed by atoms with van der Waals surface area (Å²) >= 11 is 0. The van der Waals surface area contributed by atoms with Crippen molar-refractivity contribution in [1.82, 2.24) is 15.5 Å². The molecular formula is C15H25N3O3S. The first-order valence-corrected chi connectivity index (χ1v) is 10.0. The molecule has 124 valence electrons. The molecule has 3 heterocycles. The molecule has 22 heavy (non-hydrogen) atoms. The topological polar surface area (TPSA) is 78.5 Å². The molecule has 0 radical (unpaired) electrons. The first-order chi connectivity index (χ1) is 10.5. The van der Waals surface area contributed by atoms with Gasteiger partial charge in [-0.3, -0.25) is 10.1 Å². The molecule has 3 aliphatic heterocycles. The Balaban J connectivity index is 1.42. The lowest BCUT2D eigenvalue weighted by Gasteiger charge is -2.39. The normalized spacial score (nSPS) is 30.5. The van der Waals surface area contributed by atoms with Crippen LogP contribution in [0.15, 0.2) is 12.2 Å². The van der Waals surface area contributed by atoms with Crippen molar-refractivity contribution in [2.75, 3.05) is 31.1 Å². The predicted octanol–water partition coefficient (Wildman–Crippen LogP) is -0.328. The summed E-state index contributed by atoms with van der Waals surface area (Å²) in [6.45, 7) is 2.66. The molecule has 1 unspecified atom stereocenters. The summed E-state index contributed by atoms with van der Waals surface area (Å²) in [5.74, 6) is 0.720. The standard InChI is InChI=1S/C15H25N3O3S/c19-15(14-2-1-7-16-14)17-12-3-8-18(9-4-12)13-5-10-22(20,21)11-6-13/h1-2,12-14,16H,3-11H2,(H,17,19). The molecule has 1 amide bonds. The maximum atomic E-state index is 12.1. The summed E-state index contributed by atoms with van der Waals surface area (Å²) in [5.41, 5.74) is 0. The minimum Gasteiger partial charge on any atom is -0.352 e. The number of piperidine rings is 1. The van der Waals surface area contributed by atoms with E-state index in [9.17, 15) is 13.2 Å². The van der Waals surface area contributed by atoms with E-state index in [1.54, 1.807) is 0 Å². The van der Waals surface area contributed by atoms with Crippen molar-refractivity contribution in [3.8, 4) is 0 Å². The Labute approximate surface area is 132 Å². The van der Waals surface area contributed by atoms with Crippen LogP contribution >= 0.6 is 0 Å². The molecule has 2 N–H and O–H groups in total. The highest BCUT2D eigenvalue weighted by Crippen LogP contribution is 2.22. The Kier molecular flexibility index (Phi) is 4.84. The quantitative estimate of drug-likeness (QED) is 0.694. The number of rotatable bonds is 3. The van der Waals surface area contributed by atoms with Gasteiger partial charge in [0.2, 0.25) is 5.91 Å². The SMILES string of the molecule is O=C(NC1CCN(C2CCS(=O)(=O)CC2)CC1)C1C=CCN1. The highest BCUT2D eigenvalue weighted by Gasteiger charge is 2.31. The van der Waals surface area contributed by atoms with Gasteiger partial charge in [0, 0.05) is 31.7 Å². The highest BCUT2D eigenvalue weighted by atomic mass is 32.2. The predicted molar refractivity (Wildman–Crippen MR) is 85.3 cm³/mol. The van der Waals surface area contributed by atoms with Crippen molar-refractivity contribution in [2.24, 2.45) is 0 Å². The largest absolute Gasteiger partial charge is 0.352 e. The van der Waals surface area contributed by atoms with E-state index in [4.69, 9.17) is 0 Å². The fraction of sp³-hybridized carbons (Fsp3) is 0.800. The zero-order valence-electron chi connectivity index (χ0n) is 12.8. The van der Waals surface area contributed by atoms with Crippen molar-refractivity contribution >= 4 is 15.7 Å². The van der Waals surface area contributed by atoms with Crippen LogP contribution in [0.25, 0.3) is 0 Å². The Morgan fingerprint density at radius 1 is 1.14 bits per heavy atom. The average molecular weight is 327 g/mol. The molecule has 0 aromatic carbocycles. The number of carbonyl (C=O) groups excluding carboxylic acids is 1. The number of nitrogens with zero attached hydrogens (tertiary/aromatic N) is 1. The number of likely N-dealkylation sites (tertiary alicyclic amines) is 1. The van der Waals surface area contributed by atoms with Gasteiger partial charge in [-0.1, -0.05) is 12.2 Å². The number of carbonyl (C=O) groups is 1. The molecule has 0 aromatic rings.